The number of thiophene rings is 2. The summed E-state index contributed by atoms with van der Waals surface area (Å²) >= 11 is 3.65. The van der Waals surface area contributed by atoms with Crippen LogP contribution < -0.4 is 26.2 Å². The lowest BCUT2D eigenvalue weighted by Gasteiger charge is -2.45. The van der Waals surface area contributed by atoms with E-state index < -0.39 is 0 Å². The van der Waals surface area contributed by atoms with Crippen LogP contribution in [0.2, 0.25) is 0 Å². The summed E-state index contributed by atoms with van der Waals surface area (Å²) in [6, 6.07) is 55.6. The highest BCUT2D eigenvalue weighted by atomic mass is 32.1. The van der Waals surface area contributed by atoms with Gasteiger partial charge in [0.1, 0.15) is 0 Å². The lowest BCUT2D eigenvalue weighted by Crippen LogP contribution is -2.61. The molecule has 292 valence electrons. The van der Waals surface area contributed by atoms with Gasteiger partial charge in [-0.25, -0.2) is 0 Å². The Hall–Kier alpha value is -5.88. The van der Waals surface area contributed by atoms with Crippen LogP contribution in [0.3, 0.4) is 0 Å². The maximum atomic E-state index is 2.58. The first-order chi connectivity index (χ1) is 28.9. The molecule has 0 aliphatic carbocycles. The Kier molecular flexibility index (Phi) is 8.40. The van der Waals surface area contributed by atoms with E-state index in [1.165, 1.54) is 104 Å². The Bertz CT molecular complexity index is 3160. The van der Waals surface area contributed by atoms with Gasteiger partial charge >= 0.3 is 0 Å². The number of anilines is 6. The highest BCUT2D eigenvalue weighted by Gasteiger charge is 2.44. The monoisotopic (exact) mass is 810 g/mol. The summed E-state index contributed by atoms with van der Waals surface area (Å²) in [5.41, 5.74) is 20.4. The second-order valence-corrected chi connectivity index (χ2v) is 20.6. The standard InChI is InChI=1S/C55H47BN2S2/c1-34-27-49-53-50(28-34)58(40-14-12-13-35(29-40)43-32-59-51-17-10-8-15-41(43)51)48-30-36(44-33-60-52-18-11-9-16-42(44)52)19-25-45(48)56(53)46-31-38(55(5,6)7)22-26-47(46)57(49)39-23-20-37(21-24-39)54(2,3)4/h8-33H,1-7H3. The van der Waals surface area contributed by atoms with Crippen LogP contribution in [0.4, 0.5) is 34.1 Å². The molecule has 0 N–H and O–H groups in total. The fourth-order valence-electron chi connectivity index (χ4n) is 9.65. The third-order valence-electron chi connectivity index (χ3n) is 12.8. The molecule has 60 heavy (non-hydrogen) atoms. The van der Waals surface area contributed by atoms with E-state index in [-0.39, 0.29) is 17.5 Å². The lowest BCUT2D eigenvalue weighted by molar-refractivity contribution is 0.590. The molecule has 0 fully saturated rings. The molecule has 0 atom stereocenters. The highest BCUT2D eigenvalue weighted by molar-refractivity contribution is 7.18. The second-order valence-electron chi connectivity index (χ2n) is 18.8. The number of hydrogen-bond donors (Lipinski definition) is 0. The van der Waals surface area contributed by atoms with Crippen LogP contribution in [0.25, 0.3) is 42.4 Å². The topological polar surface area (TPSA) is 6.48 Å². The van der Waals surface area contributed by atoms with Crippen molar-refractivity contribution in [2.75, 3.05) is 9.80 Å². The summed E-state index contributed by atoms with van der Waals surface area (Å²) in [6.45, 7) is 16.2. The van der Waals surface area contributed by atoms with Crippen molar-refractivity contribution in [1.82, 2.24) is 0 Å². The van der Waals surface area contributed by atoms with Crippen molar-refractivity contribution in [3.8, 4) is 22.3 Å². The molecule has 5 heteroatoms. The van der Waals surface area contributed by atoms with Crippen molar-refractivity contribution in [3.63, 3.8) is 0 Å². The summed E-state index contributed by atoms with van der Waals surface area (Å²) in [7, 11) is 0. The van der Waals surface area contributed by atoms with E-state index in [2.05, 4.69) is 215 Å². The van der Waals surface area contributed by atoms with Crippen molar-refractivity contribution in [3.05, 3.63) is 173 Å². The van der Waals surface area contributed by atoms with E-state index in [0.717, 1.165) is 5.69 Å². The molecule has 2 nitrogen and oxygen atoms in total. The first-order valence-electron chi connectivity index (χ1n) is 21.1. The van der Waals surface area contributed by atoms with Gasteiger partial charge in [-0.05, 0) is 133 Å². The lowest BCUT2D eigenvalue weighted by atomic mass is 9.33. The van der Waals surface area contributed by atoms with Crippen LogP contribution in [-0.2, 0) is 10.8 Å². The molecule has 9 aromatic rings. The van der Waals surface area contributed by atoms with Gasteiger partial charge in [-0.3, -0.25) is 0 Å². The van der Waals surface area contributed by atoms with Crippen LogP contribution in [0.1, 0.15) is 58.2 Å². The summed E-state index contributed by atoms with van der Waals surface area (Å²) in [6.07, 6.45) is 0. The van der Waals surface area contributed by atoms with E-state index in [0.29, 0.717) is 0 Å². The number of benzene rings is 7. The fourth-order valence-corrected chi connectivity index (χ4v) is 11.6. The molecule has 0 radical (unpaired) electrons. The largest absolute Gasteiger partial charge is 0.311 e. The van der Waals surface area contributed by atoms with Gasteiger partial charge in [0.05, 0.1) is 0 Å². The van der Waals surface area contributed by atoms with E-state index >= 15 is 0 Å². The quantitative estimate of drug-likeness (QED) is 0.163. The first-order valence-corrected chi connectivity index (χ1v) is 22.9. The van der Waals surface area contributed by atoms with Gasteiger partial charge in [-0.15, -0.1) is 22.7 Å². The van der Waals surface area contributed by atoms with Crippen LogP contribution in [0.5, 0.6) is 0 Å². The van der Waals surface area contributed by atoms with Crippen LogP contribution >= 0.6 is 22.7 Å². The maximum absolute atomic E-state index is 2.58. The van der Waals surface area contributed by atoms with Crippen molar-refractivity contribution in [1.29, 1.82) is 0 Å². The minimum Gasteiger partial charge on any atom is -0.311 e. The number of hydrogen-bond acceptors (Lipinski definition) is 4. The Morgan fingerprint density at radius 3 is 1.67 bits per heavy atom. The molecule has 11 rings (SSSR count). The molecule has 0 bridgehead atoms. The van der Waals surface area contributed by atoms with Gasteiger partial charge in [-0.1, -0.05) is 126 Å². The van der Waals surface area contributed by atoms with Gasteiger partial charge < -0.3 is 9.80 Å². The van der Waals surface area contributed by atoms with Gasteiger partial charge in [0.15, 0.2) is 0 Å². The molecular weight excluding hydrogens is 764 g/mol. The number of rotatable bonds is 4. The molecule has 0 saturated carbocycles. The third-order valence-corrected chi connectivity index (χ3v) is 14.7. The van der Waals surface area contributed by atoms with Crippen molar-refractivity contribution >= 4 is 100 Å². The summed E-state index contributed by atoms with van der Waals surface area (Å²) in [5.74, 6) is 0. The Balaban J connectivity index is 1.20. The Morgan fingerprint density at radius 2 is 1.03 bits per heavy atom. The van der Waals surface area contributed by atoms with E-state index in [9.17, 15) is 0 Å². The molecule has 0 saturated heterocycles. The zero-order valence-electron chi connectivity index (χ0n) is 35.3. The van der Waals surface area contributed by atoms with Crippen molar-refractivity contribution in [2.45, 2.75) is 59.3 Å². The zero-order valence-corrected chi connectivity index (χ0v) is 36.9. The Labute approximate surface area is 362 Å². The van der Waals surface area contributed by atoms with E-state index in [1.807, 2.05) is 22.7 Å². The predicted molar refractivity (Wildman–Crippen MR) is 264 cm³/mol. The zero-order chi connectivity index (χ0) is 41.1. The SMILES string of the molecule is Cc1cc2c3c(c1)N(c1cccc(-c4csc5ccccc45)c1)c1cc(-c4csc5ccccc45)ccc1B3c1cc(C(C)(C)C)ccc1N2c1ccc(C(C)(C)C)cc1. The van der Waals surface area contributed by atoms with E-state index in [1.54, 1.807) is 0 Å². The molecular formula is C55H47BN2S2. The molecule has 0 amide bonds. The molecule has 4 heterocycles. The van der Waals surface area contributed by atoms with Crippen molar-refractivity contribution < 1.29 is 0 Å². The third kappa shape index (κ3) is 5.89. The second kappa shape index (κ2) is 13.6. The summed E-state index contributed by atoms with van der Waals surface area (Å²) in [4.78, 5) is 5.12. The molecule has 7 aromatic carbocycles. The first kappa shape index (κ1) is 37.1. The number of nitrogens with zero attached hydrogens (tertiary/aromatic N) is 2. The predicted octanol–water partition coefficient (Wildman–Crippen LogP) is 14.4. The van der Waals surface area contributed by atoms with E-state index in [4.69, 9.17) is 0 Å². The minimum atomic E-state index is -0.00966. The molecule has 0 unspecified atom stereocenters. The smallest absolute Gasteiger partial charge is 0.252 e. The van der Waals surface area contributed by atoms with Gasteiger partial charge in [0.2, 0.25) is 0 Å². The molecule has 2 aliphatic rings. The average Bonchev–Trinajstić information content (AvgIpc) is 3.88. The average molecular weight is 811 g/mol. The highest BCUT2D eigenvalue weighted by Crippen LogP contribution is 2.47. The molecule has 0 spiro atoms. The van der Waals surface area contributed by atoms with Crippen LogP contribution in [0.15, 0.2) is 156 Å². The summed E-state index contributed by atoms with van der Waals surface area (Å²) in [5, 5.41) is 7.27. The minimum absolute atomic E-state index is 0.00966. The van der Waals surface area contributed by atoms with Crippen molar-refractivity contribution in [2.24, 2.45) is 0 Å². The van der Waals surface area contributed by atoms with Crippen LogP contribution in [0, 0.1) is 6.92 Å². The fraction of sp³-hybridized carbons (Fsp3) is 0.164. The van der Waals surface area contributed by atoms with Crippen LogP contribution in [-0.4, -0.2) is 6.71 Å². The molecule has 2 aliphatic heterocycles. The van der Waals surface area contributed by atoms with Gasteiger partial charge in [0, 0.05) is 65.4 Å². The Morgan fingerprint density at radius 1 is 0.450 bits per heavy atom. The summed E-state index contributed by atoms with van der Waals surface area (Å²) < 4.78 is 2.63. The maximum Gasteiger partial charge on any atom is 0.252 e. The molecule has 2 aromatic heterocycles. The number of fused-ring (bicyclic) bond motifs is 6. The van der Waals surface area contributed by atoms with Gasteiger partial charge in [-0.2, -0.15) is 0 Å². The normalized spacial score (nSPS) is 13.5. The number of aryl methyl sites for hydroxylation is 1. The van der Waals surface area contributed by atoms with Gasteiger partial charge in [0.25, 0.3) is 6.71 Å².